The van der Waals surface area contributed by atoms with Crippen LogP contribution in [0, 0.1) is 25.7 Å². The monoisotopic (exact) mass is 294 g/mol. The molecule has 1 aromatic rings. The molecular weight excluding hydrogens is 264 g/mol. The lowest BCUT2D eigenvalue weighted by Crippen LogP contribution is -2.31. The van der Waals surface area contributed by atoms with Crippen molar-refractivity contribution in [2.75, 3.05) is 13.1 Å². The van der Waals surface area contributed by atoms with Crippen LogP contribution in [0.2, 0.25) is 0 Å². The molecule has 21 heavy (non-hydrogen) atoms. The third-order valence-electron chi connectivity index (χ3n) is 3.39. The molecule has 0 fully saturated rings. The summed E-state index contributed by atoms with van der Waals surface area (Å²) in [5, 5.41) is 10.9. The summed E-state index contributed by atoms with van der Waals surface area (Å²) >= 11 is 0. The van der Waals surface area contributed by atoms with Crippen LogP contribution in [0.4, 0.5) is 0 Å². The molecule has 5 nitrogen and oxygen atoms in total. The number of aryl methyl sites for hydroxylation is 1. The Hall–Kier alpha value is -1.36. The van der Waals surface area contributed by atoms with Gasteiger partial charge in [-0.2, -0.15) is 5.10 Å². The van der Waals surface area contributed by atoms with Gasteiger partial charge in [-0.3, -0.25) is 9.48 Å². The lowest BCUT2D eigenvalue weighted by atomic mass is 10.2. The van der Waals surface area contributed by atoms with Gasteiger partial charge >= 0.3 is 0 Å². The number of rotatable bonds is 8. The minimum Gasteiger partial charge on any atom is -0.354 e. The van der Waals surface area contributed by atoms with E-state index in [0.29, 0.717) is 24.9 Å². The molecule has 5 heteroatoms. The molecule has 0 aliphatic rings. The van der Waals surface area contributed by atoms with E-state index >= 15 is 0 Å². The van der Waals surface area contributed by atoms with Crippen molar-refractivity contribution >= 4 is 5.91 Å². The van der Waals surface area contributed by atoms with Crippen molar-refractivity contribution in [2.24, 2.45) is 11.8 Å². The van der Waals surface area contributed by atoms with Gasteiger partial charge in [0.2, 0.25) is 5.91 Å². The van der Waals surface area contributed by atoms with Gasteiger partial charge < -0.3 is 10.6 Å². The molecule has 1 amide bonds. The van der Waals surface area contributed by atoms with Crippen molar-refractivity contribution in [1.29, 1.82) is 0 Å². The first kappa shape index (κ1) is 17.7. The maximum atomic E-state index is 11.9. The summed E-state index contributed by atoms with van der Waals surface area (Å²) in [5.74, 6) is 1.11. The normalized spacial score (nSPS) is 11.4. The summed E-state index contributed by atoms with van der Waals surface area (Å²) in [4.78, 5) is 11.9. The Morgan fingerprint density at radius 2 is 1.76 bits per heavy atom. The zero-order valence-electron chi connectivity index (χ0n) is 14.3. The van der Waals surface area contributed by atoms with Crippen molar-refractivity contribution < 1.29 is 4.79 Å². The van der Waals surface area contributed by atoms with Gasteiger partial charge in [0.15, 0.2) is 0 Å². The van der Waals surface area contributed by atoms with E-state index in [1.54, 1.807) is 4.68 Å². The van der Waals surface area contributed by atoms with E-state index in [4.69, 9.17) is 0 Å². The molecule has 0 atom stereocenters. The molecule has 2 N–H and O–H groups in total. The number of aromatic nitrogens is 2. The van der Waals surface area contributed by atoms with Crippen molar-refractivity contribution in [1.82, 2.24) is 20.4 Å². The second kappa shape index (κ2) is 8.17. The van der Waals surface area contributed by atoms with Crippen molar-refractivity contribution in [3.8, 4) is 0 Å². The van der Waals surface area contributed by atoms with Crippen LogP contribution < -0.4 is 10.6 Å². The van der Waals surface area contributed by atoms with Crippen molar-refractivity contribution in [2.45, 2.75) is 54.6 Å². The predicted molar refractivity (Wildman–Crippen MR) is 86.1 cm³/mol. The number of carbonyl (C=O) groups excluding carboxylic acids is 1. The Morgan fingerprint density at radius 3 is 2.33 bits per heavy atom. The molecule has 1 rings (SSSR count). The van der Waals surface area contributed by atoms with Crippen LogP contribution in [0.1, 0.15) is 44.6 Å². The molecule has 0 saturated carbocycles. The minimum atomic E-state index is 0.0241. The SMILES string of the molecule is Cc1nn(CC(=O)NCC(C)C)c(C)c1CNCC(C)C. The Labute approximate surface area is 128 Å². The van der Waals surface area contributed by atoms with Gasteiger partial charge in [0.05, 0.1) is 5.69 Å². The van der Waals surface area contributed by atoms with Gasteiger partial charge in [-0.25, -0.2) is 0 Å². The first-order valence-corrected chi connectivity index (χ1v) is 7.81. The van der Waals surface area contributed by atoms with Crippen LogP contribution in [-0.4, -0.2) is 28.8 Å². The number of amides is 1. The Balaban J connectivity index is 2.62. The maximum absolute atomic E-state index is 11.9. The fraction of sp³-hybridized carbons (Fsp3) is 0.750. The Morgan fingerprint density at radius 1 is 1.14 bits per heavy atom. The van der Waals surface area contributed by atoms with E-state index in [1.807, 2.05) is 13.8 Å². The molecule has 1 aromatic heterocycles. The van der Waals surface area contributed by atoms with Crippen LogP contribution >= 0.6 is 0 Å². The minimum absolute atomic E-state index is 0.0241. The van der Waals surface area contributed by atoms with E-state index in [2.05, 4.69) is 43.4 Å². The topological polar surface area (TPSA) is 59.0 Å². The summed E-state index contributed by atoms with van der Waals surface area (Å²) in [6.07, 6.45) is 0. The van der Waals surface area contributed by atoms with E-state index in [-0.39, 0.29) is 5.91 Å². The molecule has 0 spiro atoms. The van der Waals surface area contributed by atoms with E-state index in [1.165, 1.54) is 5.56 Å². The quantitative estimate of drug-likeness (QED) is 0.771. The third kappa shape index (κ3) is 5.87. The molecule has 0 aliphatic carbocycles. The van der Waals surface area contributed by atoms with E-state index < -0.39 is 0 Å². The molecule has 120 valence electrons. The van der Waals surface area contributed by atoms with Gasteiger partial charge in [0.1, 0.15) is 6.54 Å². The van der Waals surface area contributed by atoms with Gasteiger partial charge in [0, 0.05) is 24.3 Å². The van der Waals surface area contributed by atoms with Crippen LogP contribution in [0.3, 0.4) is 0 Å². The van der Waals surface area contributed by atoms with E-state index in [9.17, 15) is 4.79 Å². The summed E-state index contributed by atoms with van der Waals surface area (Å²) < 4.78 is 1.80. The first-order chi connectivity index (χ1) is 9.81. The van der Waals surface area contributed by atoms with Gasteiger partial charge in [0.25, 0.3) is 0 Å². The summed E-state index contributed by atoms with van der Waals surface area (Å²) in [7, 11) is 0. The standard InChI is InChI=1S/C16H30N4O/c1-11(2)7-17-9-15-13(5)19-20(14(15)6)10-16(21)18-8-12(3)4/h11-12,17H,7-10H2,1-6H3,(H,18,21). The molecule has 1 heterocycles. The van der Waals surface area contributed by atoms with Gasteiger partial charge in [-0.1, -0.05) is 27.7 Å². The number of nitrogens with one attached hydrogen (secondary N) is 2. The molecule has 0 bridgehead atoms. The van der Waals surface area contributed by atoms with Crippen LogP contribution in [0.25, 0.3) is 0 Å². The molecule has 0 unspecified atom stereocenters. The lowest BCUT2D eigenvalue weighted by molar-refractivity contribution is -0.122. The average Bonchev–Trinajstić information content (AvgIpc) is 2.63. The molecule has 0 aromatic carbocycles. The summed E-state index contributed by atoms with van der Waals surface area (Å²) in [6.45, 7) is 15.4. The highest BCUT2D eigenvalue weighted by Gasteiger charge is 2.13. The van der Waals surface area contributed by atoms with E-state index in [0.717, 1.165) is 24.5 Å². The second-order valence-electron chi connectivity index (χ2n) is 6.53. The smallest absolute Gasteiger partial charge is 0.241 e. The highest BCUT2D eigenvalue weighted by molar-refractivity contribution is 5.75. The third-order valence-corrected chi connectivity index (χ3v) is 3.39. The maximum Gasteiger partial charge on any atom is 0.241 e. The number of hydrogen-bond donors (Lipinski definition) is 2. The molecule has 0 radical (unpaired) electrons. The fourth-order valence-corrected chi connectivity index (χ4v) is 2.14. The Bertz CT molecular complexity index is 463. The number of carbonyl (C=O) groups is 1. The van der Waals surface area contributed by atoms with Gasteiger partial charge in [-0.05, 0) is 32.2 Å². The molecule has 0 aliphatic heterocycles. The molecule has 0 saturated heterocycles. The van der Waals surface area contributed by atoms with Gasteiger partial charge in [-0.15, -0.1) is 0 Å². The second-order valence-corrected chi connectivity index (χ2v) is 6.53. The average molecular weight is 294 g/mol. The van der Waals surface area contributed by atoms with Crippen LogP contribution in [0.15, 0.2) is 0 Å². The predicted octanol–water partition coefficient (Wildman–Crippen LogP) is 2.02. The zero-order valence-corrected chi connectivity index (χ0v) is 14.3. The number of nitrogens with zero attached hydrogens (tertiary/aromatic N) is 2. The number of hydrogen-bond acceptors (Lipinski definition) is 3. The van der Waals surface area contributed by atoms with Crippen LogP contribution in [-0.2, 0) is 17.9 Å². The highest BCUT2D eigenvalue weighted by Crippen LogP contribution is 2.12. The zero-order chi connectivity index (χ0) is 16.0. The summed E-state index contributed by atoms with van der Waals surface area (Å²) in [6, 6.07) is 0. The fourth-order valence-electron chi connectivity index (χ4n) is 2.14. The largest absolute Gasteiger partial charge is 0.354 e. The highest BCUT2D eigenvalue weighted by atomic mass is 16.2. The van der Waals surface area contributed by atoms with Crippen molar-refractivity contribution in [3.63, 3.8) is 0 Å². The Kier molecular flexibility index (Phi) is 6.89. The lowest BCUT2D eigenvalue weighted by Gasteiger charge is -2.10. The van der Waals surface area contributed by atoms with Crippen molar-refractivity contribution in [3.05, 3.63) is 17.0 Å². The first-order valence-electron chi connectivity index (χ1n) is 7.81. The summed E-state index contributed by atoms with van der Waals surface area (Å²) in [5.41, 5.74) is 3.27. The molecular formula is C16H30N4O. The van der Waals surface area contributed by atoms with Crippen LogP contribution in [0.5, 0.6) is 0 Å².